The van der Waals surface area contributed by atoms with Gasteiger partial charge < -0.3 is 15.5 Å². The Labute approximate surface area is 132 Å². The Hall–Kier alpha value is -0.120. The van der Waals surface area contributed by atoms with E-state index in [9.17, 15) is 0 Å². The molecule has 2 fully saturated rings. The summed E-state index contributed by atoms with van der Waals surface area (Å²) in [5.74, 6) is 1.57. The molecule has 0 aromatic heterocycles. The van der Waals surface area contributed by atoms with Gasteiger partial charge in [0.25, 0.3) is 0 Å². The Bertz CT molecular complexity index is 276. The number of likely N-dealkylation sites (N-methyl/N-ethyl adjacent to an activating group) is 1. The molecule has 0 amide bonds. The van der Waals surface area contributed by atoms with Gasteiger partial charge in [-0.2, -0.15) is 0 Å². The molecule has 1 heterocycles. The van der Waals surface area contributed by atoms with Crippen LogP contribution in [0.4, 0.5) is 0 Å². The summed E-state index contributed by atoms with van der Waals surface area (Å²) in [4.78, 5) is 2.38. The molecule has 21 heavy (non-hydrogen) atoms. The molecule has 2 aliphatic rings. The third-order valence-corrected chi connectivity index (χ3v) is 5.71. The molecule has 0 aromatic carbocycles. The average molecular weight is 296 g/mol. The Morgan fingerprint density at radius 3 is 2.38 bits per heavy atom. The average Bonchev–Trinajstić information content (AvgIpc) is 2.48. The molecule has 124 valence electrons. The number of nitrogens with one attached hydrogen (secondary N) is 2. The lowest BCUT2D eigenvalue weighted by Gasteiger charge is -2.41. The van der Waals surface area contributed by atoms with E-state index < -0.39 is 0 Å². The van der Waals surface area contributed by atoms with Gasteiger partial charge >= 0.3 is 0 Å². The van der Waals surface area contributed by atoms with E-state index in [-0.39, 0.29) is 0 Å². The van der Waals surface area contributed by atoms with E-state index in [2.05, 4.69) is 43.5 Å². The number of rotatable bonds is 6. The van der Waals surface area contributed by atoms with Crippen LogP contribution in [0, 0.1) is 11.8 Å². The van der Waals surface area contributed by atoms with Gasteiger partial charge in [-0.05, 0) is 58.2 Å². The van der Waals surface area contributed by atoms with Crippen molar-refractivity contribution in [2.75, 3.05) is 27.2 Å². The van der Waals surface area contributed by atoms with Crippen molar-refractivity contribution in [2.24, 2.45) is 11.8 Å². The maximum Gasteiger partial charge on any atom is 0.0237 e. The van der Waals surface area contributed by atoms with Gasteiger partial charge in [-0.25, -0.2) is 0 Å². The summed E-state index contributed by atoms with van der Waals surface area (Å²) in [5, 5.41) is 7.75. The summed E-state index contributed by atoms with van der Waals surface area (Å²) in [6.45, 7) is 7.06. The number of piperidine rings is 1. The fourth-order valence-electron chi connectivity index (χ4n) is 4.43. The van der Waals surface area contributed by atoms with E-state index in [4.69, 9.17) is 0 Å². The molecule has 0 spiro atoms. The van der Waals surface area contributed by atoms with Gasteiger partial charge in [0, 0.05) is 24.7 Å². The fourth-order valence-corrected chi connectivity index (χ4v) is 4.43. The van der Waals surface area contributed by atoms with Gasteiger partial charge in [0.1, 0.15) is 0 Å². The molecular weight excluding hydrogens is 258 g/mol. The van der Waals surface area contributed by atoms with E-state index in [1.807, 2.05) is 0 Å². The smallest absolute Gasteiger partial charge is 0.0237 e. The summed E-state index contributed by atoms with van der Waals surface area (Å²) < 4.78 is 0. The molecule has 2 rings (SSSR count). The first-order valence-electron chi connectivity index (χ1n) is 9.22. The zero-order valence-corrected chi connectivity index (χ0v) is 14.7. The molecule has 3 heteroatoms. The minimum atomic E-state index is 0.645. The van der Waals surface area contributed by atoms with Crippen molar-refractivity contribution in [3.8, 4) is 0 Å². The highest BCUT2D eigenvalue weighted by Crippen LogP contribution is 2.30. The Balaban J connectivity index is 1.89. The summed E-state index contributed by atoms with van der Waals surface area (Å²) in [6.07, 6.45) is 9.83. The second kappa shape index (κ2) is 8.50. The molecule has 0 aromatic rings. The van der Waals surface area contributed by atoms with Gasteiger partial charge in [0.05, 0.1) is 0 Å². The Morgan fingerprint density at radius 1 is 1.05 bits per heavy atom. The molecule has 1 aliphatic carbocycles. The molecule has 4 atom stereocenters. The lowest BCUT2D eigenvalue weighted by molar-refractivity contribution is 0.159. The summed E-state index contributed by atoms with van der Waals surface area (Å²) >= 11 is 0. The fraction of sp³-hybridized carbons (Fsp3) is 1.00. The first-order valence-corrected chi connectivity index (χ1v) is 9.22. The van der Waals surface area contributed by atoms with E-state index in [0.717, 1.165) is 24.5 Å². The quantitative estimate of drug-likeness (QED) is 0.789. The number of hydrogen-bond acceptors (Lipinski definition) is 3. The maximum absolute atomic E-state index is 3.95. The van der Waals surface area contributed by atoms with Crippen LogP contribution in [0.15, 0.2) is 0 Å². The lowest BCUT2D eigenvalue weighted by Crippen LogP contribution is -2.53. The predicted octanol–water partition coefficient (Wildman–Crippen LogP) is 2.86. The van der Waals surface area contributed by atoms with E-state index in [0.29, 0.717) is 12.0 Å². The van der Waals surface area contributed by atoms with Crippen LogP contribution in [-0.4, -0.2) is 50.2 Å². The van der Waals surface area contributed by atoms with Gasteiger partial charge in [0.15, 0.2) is 0 Å². The standard InChI is InChI=1S/C18H37N3/c1-14(2)18(21(3)4)13-20-17-10-6-5-9-15(17)16-11-7-8-12-19-16/h14-20H,5-13H2,1-4H3. The monoisotopic (exact) mass is 295 g/mol. The van der Waals surface area contributed by atoms with E-state index in [1.54, 1.807) is 0 Å². The Kier molecular flexibility index (Phi) is 6.97. The number of nitrogens with zero attached hydrogens (tertiary/aromatic N) is 1. The summed E-state index contributed by atoms with van der Waals surface area (Å²) in [5.41, 5.74) is 0. The van der Waals surface area contributed by atoms with Crippen LogP contribution in [0.2, 0.25) is 0 Å². The molecule has 1 saturated heterocycles. The zero-order chi connectivity index (χ0) is 15.2. The van der Waals surface area contributed by atoms with Crippen LogP contribution in [-0.2, 0) is 0 Å². The molecular formula is C18H37N3. The third kappa shape index (κ3) is 4.94. The molecule has 3 nitrogen and oxygen atoms in total. The molecule has 2 N–H and O–H groups in total. The van der Waals surface area contributed by atoms with Crippen LogP contribution in [0.5, 0.6) is 0 Å². The van der Waals surface area contributed by atoms with Crippen LogP contribution < -0.4 is 10.6 Å². The largest absolute Gasteiger partial charge is 0.314 e. The van der Waals surface area contributed by atoms with Crippen molar-refractivity contribution < 1.29 is 0 Å². The van der Waals surface area contributed by atoms with Gasteiger partial charge in [-0.3, -0.25) is 0 Å². The maximum atomic E-state index is 3.95. The zero-order valence-electron chi connectivity index (χ0n) is 14.7. The second-order valence-electron chi connectivity index (χ2n) is 7.79. The topological polar surface area (TPSA) is 27.3 Å². The van der Waals surface area contributed by atoms with E-state index >= 15 is 0 Å². The normalized spacial score (nSPS) is 32.6. The molecule has 1 saturated carbocycles. The van der Waals surface area contributed by atoms with Crippen LogP contribution in [0.1, 0.15) is 58.8 Å². The predicted molar refractivity (Wildman–Crippen MR) is 91.7 cm³/mol. The highest BCUT2D eigenvalue weighted by Gasteiger charge is 2.32. The first-order chi connectivity index (χ1) is 10.1. The highest BCUT2D eigenvalue weighted by molar-refractivity contribution is 4.91. The SMILES string of the molecule is CC(C)C(CNC1CCCCC1C1CCCCN1)N(C)C. The summed E-state index contributed by atoms with van der Waals surface area (Å²) in [7, 11) is 4.43. The van der Waals surface area contributed by atoms with Crippen molar-refractivity contribution in [1.29, 1.82) is 0 Å². The molecule has 0 radical (unpaired) electrons. The first kappa shape index (κ1) is 17.2. The highest BCUT2D eigenvalue weighted by atomic mass is 15.1. The minimum Gasteiger partial charge on any atom is -0.314 e. The van der Waals surface area contributed by atoms with Crippen LogP contribution in [0.25, 0.3) is 0 Å². The van der Waals surface area contributed by atoms with Gasteiger partial charge in [-0.15, -0.1) is 0 Å². The van der Waals surface area contributed by atoms with Crippen LogP contribution >= 0.6 is 0 Å². The van der Waals surface area contributed by atoms with Crippen molar-refractivity contribution >= 4 is 0 Å². The van der Waals surface area contributed by atoms with Crippen molar-refractivity contribution in [3.05, 3.63) is 0 Å². The van der Waals surface area contributed by atoms with Gasteiger partial charge in [0.2, 0.25) is 0 Å². The molecule has 4 unspecified atom stereocenters. The lowest BCUT2D eigenvalue weighted by atomic mass is 9.77. The number of hydrogen-bond donors (Lipinski definition) is 2. The van der Waals surface area contributed by atoms with Crippen molar-refractivity contribution in [3.63, 3.8) is 0 Å². The van der Waals surface area contributed by atoms with Crippen LogP contribution in [0.3, 0.4) is 0 Å². The Morgan fingerprint density at radius 2 is 1.76 bits per heavy atom. The van der Waals surface area contributed by atoms with Crippen molar-refractivity contribution in [2.45, 2.75) is 76.9 Å². The van der Waals surface area contributed by atoms with E-state index in [1.165, 1.54) is 51.5 Å². The minimum absolute atomic E-state index is 0.645. The summed E-state index contributed by atoms with van der Waals surface area (Å²) in [6, 6.07) is 2.15. The molecule has 0 bridgehead atoms. The van der Waals surface area contributed by atoms with Crippen molar-refractivity contribution in [1.82, 2.24) is 15.5 Å². The third-order valence-electron chi connectivity index (χ3n) is 5.71. The second-order valence-corrected chi connectivity index (χ2v) is 7.79. The van der Waals surface area contributed by atoms with Gasteiger partial charge in [-0.1, -0.05) is 33.1 Å². The molecule has 1 aliphatic heterocycles.